The smallest absolute Gasteiger partial charge is 0.238 e. The summed E-state index contributed by atoms with van der Waals surface area (Å²) in [5.74, 6) is 0.124. The highest BCUT2D eigenvalue weighted by Crippen LogP contribution is 2.41. The van der Waals surface area contributed by atoms with Crippen LogP contribution in [0.5, 0.6) is 0 Å². The number of aryl methyl sites for hydroxylation is 1. The van der Waals surface area contributed by atoms with Gasteiger partial charge in [0.15, 0.2) is 0 Å². The normalized spacial score (nSPS) is 22.7. The van der Waals surface area contributed by atoms with Gasteiger partial charge in [-0.05, 0) is 31.5 Å². The Bertz CT molecular complexity index is 836. The molecule has 4 heterocycles. The molecule has 27 heavy (non-hydrogen) atoms. The molecule has 2 aliphatic rings. The number of pyridine rings is 1. The molecule has 0 radical (unpaired) electrons. The Morgan fingerprint density at radius 3 is 2.89 bits per heavy atom. The number of amides is 2. The molecule has 1 spiro atoms. The van der Waals surface area contributed by atoms with Crippen LogP contribution in [0.15, 0.2) is 36.8 Å². The zero-order valence-electron chi connectivity index (χ0n) is 15.5. The van der Waals surface area contributed by atoms with E-state index in [1.165, 1.54) is 0 Å². The molecule has 1 N–H and O–H groups in total. The summed E-state index contributed by atoms with van der Waals surface area (Å²) in [4.78, 5) is 33.6. The molecule has 0 bridgehead atoms. The molecule has 8 heteroatoms. The lowest BCUT2D eigenvalue weighted by molar-refractivity contribution is -0.136. The second-order valence-corrected chi connectivity index (χ2v) is 7.49. The Hall–Kier alpha value is -2.74. The third kappa shape index (κ3) is 3.71. The SMILES string of the molecule is Cn1cc(NC(=O)CN2CCC3(CCN(Cc4ccccn4)C3=O)C2)cn1. The molecular weight excluding hydrogens is 344 g/mol. The number of nitrogens with zero attached hydrogens (tertiary/aromatic N) is 5. The van der Waals surface area contributed by atoms with Gasteiger partial charge in [-0.25, -0.2) is 0 Å². The number of hydrogen-bond acceptors (Lipinski definition) is 5. The highest BCUT2D eigenvalue weighted by molar-refractivity contribution is 5.92. The molecule has 0 saturated carbocycles. The van der Waals surface area contributed by atoms with Crippen LogP contribution in [0.2, 0.25) is 0 Å². The first-order valence-electron chi connectivity index (χ1n) is 9.24. The summed E-state index contributed by atoms with van der Waals surface area (Å²) in [5, 5.41) is 6.90. The number of aromatic nitrogens is 3. The summed E-state index contributed by atoms with van der Waals surface area (Å²) in [7, 11) is 1.81. The van der Waals surface area contributed by atoms with E-state index >= 15 is 0 Å². The Morgan fingerprint density at radius 1 is 1.30 bits per heavy atom. The Morgan fingerprint density at radius 2 is 2.15 bits per heavy atom. The molecule has 8 nitrogen and oxygen atoms in total. The van der Waals surface area contributed by atoms with Crippen molar-refractivity contribution in [3.05, 3.63) is 42.5 Å². The molecular formula is C19H24N6O2. The molecule has 1 unspecified atom stereocenters. The molecule has 2 fully saturated rings. The molecule has 1 atom stereocenters. The van der Waals surface area contributed by atoms with Gasteiger partial charge in [0.25, 0.3) is 0 Å². The molecule has 0 aromatic carbocycles. The number of nitrogens with one attached hydrogen (secondary N) is 1. The van der Waals surface area contributed by atoms with E-state index in [2.05, 4.69) is 20.3 Å². The Kier molecular flexibility index (Phi) is 4.65. The van der Waals surface area contributed by atoms with Crippen molar-refractivity contribution in [1.29, 1.82) is 0 Å². The van der Waals surface area contributed by atoms with Gasteiger partial charge in [-0.2, -0.15) is 5.10 Å². The van der Waals surface area contributed by atoms with Gasteiger partial charge < -0.3 is 10.2 Å². The topological polar surface area (TPSA) is 83.4 Å². The van der Waals surface area contributed by atoms with Gasteiger partial charge in [0.2, 0.25) is 11.8 Å². The van der Waals surface area contributed by atoms with E-state index in [0.29, 0.717) is 25.3 Å². The number of likely N-dealkylation sites (tertiary alicyclic amines) is 2. The van der Waals surface area contributed by atoms with Crippen LogP contribution in [0.25, 0.3) is 0 Å². The predicted molar refractivity (Wildman–Crippen MR) is 99.6 cm³/mol. The number of hydrogen-bond donors (Lipinski definition) is 1. The predicted octanol–water partition coefficient (Wildman–Crippen LogP) is 0.878. The molecule has 0 aliphatic carbocycles. The number of carbonyl (C=O) groups is 2. The lowest BCUT2D eigenvalue weighted by Crippen LogP contribution is -2.38. The Balaban J connectivity index is 1.33. The van der Waals surface area contributed by atoms with Crippen molar-refractivity contribution in [3.63, 3.8) is 0 Å². The molecule has 2 aliphatic heterocycles. The van der Waals surface area contributed by atoms with Crippen molar-refractivity contribution < 1.29 is 9.59 Å². The van der Waals surface area contributed by atoms with Crippen molar-refractivity contribution in [3.8, 4) is 0 Å². The number of anilines is 1. The third-order valence-corrected chi connectivity index (χ3v) is 5.47. The maximum Gasteiger partial charge on any atom is 0.238 e. The summed E-state index contributed by atoms with van der Waals surface area (Å²) in [6, 6.07) is 5.76. The van der Waals surface area contributed by atoms with Gasteiger partial charge in [0, 0.05) is 32.5 Å². The van der Waals surface area contributed by atoms with Crippen molar-refractivity contribution in [2.24, 2.45) is 12.5 Å². The van der Waals surface area contributed by atoms with E-state index in [1.54, 1.807) is 23.3 Å². The zero-order valence-corrected chi connectivity index (χ0v) is 15.5. The first-order chi connectivity index (χ1) is 13.0. The van der Waals surface area contributed by atoms with Gasteiger partial charge in [-0.1, -0.05) is 6.07 Å². The number of rotatable bonds is 5. The van der Waals surface area contributed by atoms with E-state index in [-0.39, 0.29) is 17.2 Å². The van der Waals surface area contributed by atoms with Crippen molar-refractivity contribution in [2.45, 2.75) is 19.4 Å². The maximum atomic E-state index is 13.0. The maximum absolute atomic E-state index is 13.0. The van der Waals surface area contributed by atoms with Gasteiger partial charge in [0.1, 0.15) is 0 Å². The Labute approximate surface area is 158 Å². The monoisotopic (exact) mass is 368 g/mol. The van der Waals surface area contributed by atoms with Crippen molar-refractivity contribution in [1.82, 2.24) is 24.6 Å². The molecule has 2 aromatic heterocycles. The van der Waals surface area contributed by atoms with Crippen LogP contribution < -0.4 is 5.32 Å². The van der Waals surface area contributed by atoms with E-state index in [0.717, 1.165) is 31.6 Å². The van der Waals surface area contributed by atoms with Gasteiger partial charge in [-0.3, -0.25) is 24.2 Å². The van der Waals surface area contributed by atoms with Crippen LogP contribution in [-0.4, -0.2) is 62.6 Å². The summed E-state index contributed by atoms with van der Waals surface area (Å²) < 4.78 is 1.65. The summed E-state index contributed by atoms with van der Waals surface area (Å²) in [5.41, 5.74) is 1.26. The van der Waals surface area contributed by atoms with Gasteiger partial charge >= 0.3 is 0 Å². The van der Waals surface area contributed by atoms with Crippen LogP contribution in [0.1, 0.15) is 18.5 Å². The molecule has 142 valence electrons. The van der Waals surface area contributed by atoms with E-state index in [4.69, 9.17) is 0 Å². The first kappa shape index (κ1) is 17.7. The highest BCUT2D eigenvalue weighted by Gasteiger charge is 2.50. The lowest BCUT2D eigenvalue weighted by atomic mass is 9.85. The van der Waals surface area contributed by atoms with Crippen LogP contribution >= 0.6 is 0 Å². The van der Waals surface area contributed by atoms with Gasteiger partial charge in [-0.15, -0.1) is 0 Å². The lowest BCUT2D eigenvalue weighted by Gasteiger charge is -2.23. The largest absolute Gasteiger partial charge is 0.336 e. The standard InChI is InChI=1S/C19H24N6O2/c1-23-11-16(10-21-23)22-17(26)13-24-8-5-19(14-24)6-9-25(18(19)27)12-15-4-2-3-7-20-15/h2-4,7,10-11H,5-6,8-9,12-14H2,1H3,(H,22,26). The summed E-state index contributed by atoms with van der Waals surface area (Å²) in [6.45, 7) is 3.02. The highest BCUT2D eigenvalue weighted by atomic mass is 16.2. The molecule has 2 amide bonds. The fraction of sp³-hybridized carbons (Fsp3) is 0.474. The summed E-state index contributed by atoms with van der Waals surface area (Å²) >= 11 is 0. The van der Waals surface area contributed by atoms with E-state index in [9.17, 15) is 9.59 Å². The van der Waals surface area contributed by atoms with Gasteiger partial charge in [0.05, 0.1) is 36.1 Å². The first-order valence-corrected chi connectivity index (χ1v) is 9.24. The third-order valence-electron chi connectivity index (χ3n) is 5.47. The second-order valence-electron chi connectivity index (χ2n) is 7.49. The molecule has 2 aromatic rings. The quantitative estimate of drug-likeness (QED) is 0.847. The van der Waals surface area contributed by atoms with Crippen molar-refractivity contribution in [2.75, 3.05) is 31.5 Å². The minimum atomic E-state index is -0.344. The average molecular weight is 368 g/mol. The zero-order chi connectivity index (χ0) is 18.9. The average Bonchev–Trinajstić information content (AvgIpc) is 3.33. The van der Waals surface area contributed by atoms with E-state index in [1.807, 2.05) is 30.1 Å². The number of carbonyl (C=O) groups excluding carboxylic acids is 2. The second kappa shape index (κ2) is 7.11. The van der Waals surface area contributed by atoms with Crippen molar-refractivity contribution >= 4 is 17.5 Å². The van der Waals surface area contributed by atoms with Crippen LogP contribution in [0, 0.1) is 5.41 Å². The fourth-order valence-corrected chi connectivity index (χ4v) is 4.09. The van der Waals surface area contributed by atoms with Crippen LogP contribution in [-0.2, 0) is 23.2 Å². The molecule has 2 saturated heterocycles. The molecule has 4 rings (SSSR count). The van der Waals surface area contributed by atoms with Crippen LogP contribution in [0.4, 0.5) is 5.69 Å². The minimum Gasteiger partial charge on any atom is -0.336 e. The summed E-state index contributed by atoms with van der Waals surface area (Å²) in [6.07, 6.45) is 6.80. The van der Waals surface area contributed by atoms with Crippen LogP contribution in [0.3, 0.4) is 0 Å². The van der Waals surface area contributed by atoms with E-state index < -0.39 is 0 Å². The minimum absolute atomic E-state index is 0.0733. The fourth-order valence-electron chi connectivity index (χ4n) is 4.09.